The number of rotatable bonds is 6. The average Bonchev–Trinajstić information content (AvgIpc) is 2.21. The van der Waals surface area contributed by atoms with Crippen LogP contribution in [0.5, 0.6) is 5.75 Å². The van der Waals surface area contributed by atoms with Gasteiger partial charge in [0.05, 0.1) is 6.61 Å². The molecule has 0 saturated carbocycles. The molecule has 3 N–H and O–H groups in total. The Hall–Kier alpha value is -1.22. The minimum atomic E-state index is 0.0296. The number of ether oxygens (including phenoxy) is 1. The number of nitrogens with two attached hydrogens (primary N) is 1. The minimum Gasteiger partial charge on any atom is -0.494 e. The fourth-order valence-electron chi connectivity index (χ4n) is 1.62. The zero-order valence-electron chi connectivity index (χ0n) is 10.4. The van der Waals surface area contributed by atoms with E-state index in [0.717, 1.165) is 17.9 Å². The van der Waals surface area contributed by atoms with Gasteiger partial charge in [0.1, 0.15) is 5.75 Å². The molecule has 0 aromatic heterocycles. The molecule has 3 heteroatoms. The van der Waals surface area contributed by atoms with E-state index in [2.05, 4.69) is 19.2 Å². The number of benzene rings is 1. The van der Waals surface area contributed by atoms with Crippen LogP contribution in [-0.4, -0.2) is 18.7 Å². The Morgan fingerprint density at radius 2 is 1.88 bits per heavy atom. The van der Waals surface area contributed by atoms with Crippen molar-refractivity contribution in [3.63, 3.8) is 0 Å². The van der Waals surface area contributed by atoms with Crippen LogP contribution in [0.3, 0.4) is 0 Å². The molecule has 0 spiro atoms. The van der Waals surface area contributed by atoms with Gasteiger partial charge in [0.15, 0.2) is 0 Å². The molecule has 1 aromatic rings. The summed E-state index contributed by atoms with van der Waals surface area (Å²) in [5.41, 5.74) is 6.70. The summed E-state index contributed by atoms with van der Waals surface area (Å²) in [7, 11) is 0. The average molecular weight is 222 g/mol. The van der Waals surface area contributed by atoms with E-state index in [0.29, 0.717) is 13.2 Å². The van der Waals surface area contributed by atoms with E-state index >= 15 is 0 Å². The second-order valence-corrected chi connectivity index (χ2v) is 4.50. The summed E-state index contributed by atoms with van der Waals surface area (Å²) in [6.45, 7) is 7.67. The first kappa shape index (κ1) is 12.8. The Morgan fingerprint density at radius 3 is 2.38 bits per heavy atom. The van der Waals surface area contributed by atoms with Crippen LogP contribution in [-0.2, 0) is 0 Å². The summed E-state index contributed by atoms with van der Waals surface area (Å²) >= 11 is 0. The molecule has 0 saturated heterocycles. The van der Waals surface area contributed by atoms with Gasteiger partial charge in [-0.25, -0.2) is 0 Å². The smallest absolute Gasteiger partial charge is 0.119 e. The van der Waals surface area contributed by atoms with Gasteiger partial charge in [0, 0.05) is 11.2 Å². The van der Waals surface area contributed by atoms with Crippen LogP contribution in [0, 0.1) is 0 Å². The Bertz CT molecular complexity index is 306. The van der Waals surface area contributed by atoms with Gasteiger partial charge in [-0.1, -0.05) is 0 Å². The van der Waals surface area contributed by atoms with Gasteiger partial charge < -0.3 is 15.8 Å². The number of nitrogens with one attached hydrogen (secondary N) is 1. The first-order chi connectivity index (χ1) is 7.57. The maximum absolute atomic E-state index is 5.57. The predicted octanol–water partition coefficient (Wildman–Crippen LogP) is 2.62. The molecular weight excluding hydrogens is 200 g/mol. The van der Waals surface area contributed by atoms with Crippen molar-refractivity contribution in [3.8, 4) is 5.75 Å². The van der Waals surface area contributed by atoms with Gasteiger partial charge in [0.25, 0.3) is 0 Å². The zero-order valence-corrected chi connectivity index (χ0v) is 10.4. The van der Waals surface area contributed by atoms with E-state index < -0.39 is 0 Å². The van der Waals surface area contributed by atoms with Crippen LogP contribution in [0.4, 0.5) is 5.69 Å². The molecule has 0 heterocycles. The Balaban J connectivity index is 2.61. The third-order valence-corrected chi connectivity index (χ3v) is 2.42. The summed E-state index contributed by atoms with van der Waals surface area (Å²) < 4.78 is 5.39. The SMILES string of the molecule is CCOc1ccc(NC(C)(C)CCN)cc1. The molecular formula is C13H22N2O. The molecule has 0 atom stereocenters. The van der Waals surface area contributed by atoms with E-state index in [1.165, 1.54) is 0 Å². The topological polar surface area (TPSA) is 47.3 Å². The summed E-state index contributed by atoms with van der Waals surface area (Å²) in [4.78, 5) is 0. The van der Waals surface area contributed by atoms with Crippen LogP contribution in [0.25, 0.3) is 0 Å². The van der Waals surface area contributed by atoms with Gasteiger partial charge >= 0.3 is 0 Å². The standard InChI is InChI=1S/C13H22N2O/c1-4-16-12-7-5-11(6-8-12)15-13(2,3)9-10-14/h5-8,15H,4,9-10,14H2,1-3H3. The second-order valence-electron chi connectivity index (χ2n) is 4.50. The van der Waals surface area contributed by atoms with Crippen molar-refractivity contribution >= 4 is 5.69 Å². The van der Waals surface area contributed by atoms with Crippen molar-refractivity contribution in [3.05, 3.63) is 24.3 Å². The summed E-state index contributed by atoms with van der Waals surface area (Å²) in [6.07, 6.45) is 0.945. The van der Waals surface area contributed by atoms with Gasteiger partial charge in [-0.05, 0) is 58.0 Å². The molecule has 0 aliphatic carbocycles. The molecule has 0 radical (unpaired) electrons. The van der Waals surface area contributed by atoms with Crippen LogP contribution >= 0.6 is 0 Å². The summed E-state index contributed by atoms with van der Waals surface area (Å²) in [5, 5.41) is 3.45. The Morgan fingerprint density at radius 1 is 1.25 bits per heavy atom. The first-order valence-electron chi connectivity index (χ1n) is 5.78. The van der Waals surface area contributed by atoms with E-state index in [1.807, 2.05) is 31.2 Å². The highest BCUT2D eigenvalue weighted by atomic mass is 16.5. The lowest BCUT2D eigenvalue weighted by Gasteiger charge is -2.27. The highest BCUT2D eigenvalue weighted by molar-refractivity contribution is 5.48. The Labute approximate surface area is 98.0 Å². The van der Waals surface area contributed by atoms with Crippen molar-refractivity contribution in [2.24, 2.45) is 5.73 Å². The van der Waals surface area contributed by atoms with Crippen LogP contribution < -0.4 is 15.8 Å². The van der Waals surface area contributed by atoms with Crippen molar-refractivity contribution in [2.45, 2.75) is 32.7 Å². The van der Waals surface area contributed by atoms with E-state index in [1.54, 1.807) is 0 Å². The largest absolute Gasteiger partial charge is 0.494 e. The van der Waals surface area contributed by atoms with Crippen molar-refractivity contribution in [1.82, 2.24) is 0 Å². The molecule has 3 nitrogen and oxygen atoms in total. The monoisotopic (exact) mass is 222 g/mol. The molecule has 0 aliphatic heterocycles. The van der Waals surface area contributed by atoms with Gasteiger partial charge in [-0.15, -0.1) is 0 Å². The summed E-state index contributed by atoms with van der Waals surface area (Å²) in [5.74, 6) is 0.907. The van der Waals surface area contributed by atoms with E-state index in [4.69, 9.17) is 10.5 Å². The molecule has 0 bridgehead atoms. The molecule has 1 aromatic carbocycles. The molecule has 0 unspecified atom stereocenters. The van der Waals surface area contributed by atoms with E-state index in [-0.39, 0.29) is 5.54 Å². The van der Waals surface area contributed by atoms with Gasteiger partial charge in [-0.2, -0.15) is 0 Å². The van der Waals surface area contributed by atoms with Crippen LogP contribution in [0.2, 0.25) is 0 Å². The van der Waals surface area contributed by atoms with Crippen LogP contribution in [0.1, 0.15) is 27.2 Å². The third kappa shape index (κ3) is 4.11. The Kier molecular flexibility index (Phi) is 4.62. The lowest BCUT2D eigenvalue weighted by atomic mass is 10.0. The zero-order chi connectivity index (χ0) is 12.0. The number of hydrogen-bond acceptors (Lipinski definition) is 3. The fraction of sp³-hybridized carbons (Fsp3) is 0.538. The quantitative estimate of drug-likeness (QED) is 0.778. The highest BCUT2D eigenvalue weighted by Gasteiger charge is 2.15. The fourth-order valence-corrected chi connectivity index (χ4v) is 1.62. The van der Waals surface area contributed by atoms with E-state index in [9.17, 15) is 0 Å². The lowest BCUT2D eigenvalue weighted by molar-refractivity contribution is 0.340. The molecule has 0 aliphatic rings. The normalized spacial score (nSPS) is 11.2. The highest BCUT2D eigenvalue weighted by Crippen LogP contribution is 2.20. The second kappa shape index (κ2) is 5.75. The molecule has 90 valence electrons. The number of anilines is 1. The van der Waals surface area contributed by atoms with Gasteiger partial charge in [0.2, 0.25) is 0 Å². The van der Waals surface area contributed by atoms with Crippen molar-refractivity contribution in [2.75, 3.05) is 18.5 Å². The van der Waals surface area contributed by atoms with Crippen molar-refractivity contribution < 1.29 is 4.74 Å². The maximum Gasteiger partial charge on any atom is 0.119 e. The maximum atomic E-state index is 5.57. The molecule has 0 amide bonds. The third-order valence-electron chi connectivity index (χ3n) is 2.42. The summed E-state index contributed by atoms with van der Waals surface area (Å²) in [6, 6.07) is 8.02. The first-order valence-corrected chi connectivity index (χ1v) is 5.78. The molecule has 0 fully saturated rings. The van der Waals surface area contributed by atoms with Gasteiger partial charge in [-0.3, -0.25) is 0 Å². The minimum absolute atomic E-state index is 0.0296. The molecule has 16 heavy (non-hydrogen) atoms. The van der Waals surface area contributed by atoms with Crippen LogP contribution in [0.15, 0.2) is 24.3 Å². The predicted molar refractivity (Wildman–Crippen MR) is 69.0 cm³/mol. The number of hydrogen-bond donors (Lipinski definition) is 2. The van der Waals surface area contributed by atoms with Crippen molar-refractivity contribution in [1.29, 1.82) is 0 Å². The lowest BCUT2D eigenvalue weighted by Crippen LogP contribution is -2.33. The molecule has 1 rings (SSSR count).